The van der Waals surface area contributed by atoms with Gasteiger partial charge in [-0.15, -0.1) is 0 Å². The summed E-state index contributed by atoms with van der Waals surface area (Å²) in [5.41, 5.74) is 7.01. The van der Waals surface area contributed by atoms with Gasteiger partial charge < -0.3 is 14.4 Å². The Morgan fingerprint density at radius 1 is 0.700 bits per heavy atom. The maximum Gasteiger partial charge on any atom is 0.127 e. The average molecular weight is 400 g/mol. The van der Waals surface area contributed by atoms with Crippen molar-refractivity contribution in [1.29, 1.82) is 0 Å². The number of benzene rings is 3. The smallest absolute Gasteiger partial charge is 0.127 e. The van der Waals surface area contributed by atoms with E-state index in [0.29, 0.717) is 0 Å². The Morgan fingerprint density at radius 3 is 2.00 bits per heavy atom. The number of nitrogens with one attached hydrogen (secondary N) is 2. The molecule has 0 saturated carbocycles. The minimum atomic E-state index is 1.01. The lowest BCUT2D eigenvalue weighted by Crippen LogP contribution is -3.27. The van der Waals surface area contributed by atoms with Gasteiger partial charge in [0.1, 0.15) is 39.3 Å². The predicted molar refractivity (Wildman–Crippen MR) is 125 cm³/mol. The standard InChI is InChI=1S/C27H31N3/c1-3-30-26-7-5-4-6-24(26)25-18-23(12-13-27(25)30)20-29-16-14-28(15-17-29)19-22-10-8-21(2)9-11-22/h4-13,18H,3,14-17,19-20H2,1-2H3/p+2. The van der Waals surface area contributed by atoms with Crippen molar-refractivity contribution in [2.24, 2.45) is 0 Å². The molecule has 1 aliphatic rings. The Morgan fingerprint density at radius 2 is 1.30 bits per heavy atom. The van der Waals surface area contributed by atoms with Crippen LogP contribution in [-0.4, -0.2) is 30.7 Å². The molecular formula is C27H33N3+2. The first-order valence-corrected chi connectivity index (χ1v) is 11.4. The number of aromatic nitrogens is 1. The highest BCUT2D eigenvalue weighted by Crippen LogP contribution is 2.29. The first kappa shape index (κ1) is 19.3. The maximum atomic E-state index is 2.45. The lowest BCUT2D eigenvalue weighted by Gasteiger charge is -2.29. The molecule has 154 valence electrons. The van der Waals surface area contributed by atoms with Gasteiger partial charge in [-0.1, -0.05) is 54.1 Å². The molecule has 1 aromatic heterocycles. The monoisotopic (exact) mass is 399 g/mol. The van der Waals surface area contributed by atoms with Crippen molar-refractivity contribution in [3.8, 4) is 0 Å². The third-order valence-electron chi connectivity index (χ3n) is 6.85. The molecule has 3 heteroatoms. The van der Waals surface area contributed by atoms with E-state index in [-0.39, 0.29) is 0 Å². The van der Waals surface area contributed by atoms with Gasteiger partial charge in [0.15, 0.2) is 0 Å². The summed E-state index contributed by atoms with van der Waals surface area (Å²) in [6.07, 6.45) is 0. The summed E-state index contributed by atoms with van der Waals surface area (Å²) < 4.78 is 2.44. The van der Waals surface area contributed by atoms with E-state index in [2.05, 4.69) is 85.1 Å². The van der Waals surface area contributed by atoms with Crippen LogP contribution in [0.15, 0.2) is 66.7 Å². The second kappa shape index (κ2) is 8.25. The van der Waals surface area contributed by atoms with E-state index >= 15 is 0 Å². The van der Waals surface area contributed by atoms with Gasteiger partial charge in [0.2, 0.25) is 0 Å². The van der Waals surface area contributed by atoms with Gasteiger partial charge in [0, 0.05) is 39.5 Å². The van der Waals surface area contributed by atoms with Crippen molar-refractivity contribution in [2.45, 2.75) is 33.5 Å². The normalized spacial score (nSPS) is 19.5. The first-order chi connectivity index (χ1) is 14.7. The fraction of sp³-hybridized carbons (Fsp3) is 0.333. The Bertz CT molecular complexity index is 1150. The van der Waals surface area contributed by atoms with Crippen molar-refractivity contribution >= 4 is 21.8 Å². The van der Waals surface area contributed by atoms with Crippen LogP contribution in [0.2, 0.25) is 0 Å². The van der Waals surface area contributed by atoms with E-state index in [0.717, 1.165) is 19.6 Å². The predicted octanol–water partition coefficient (Wildman–Crippen LogP) is 2.61. The van der Waals surface area contributed by atoms with Crippen LogP contribution >= 0.6 is 0 Å². The summed E-state index contributed by atoms with van der Waals surface area (Å²) >= 11 is 0. The van der Waals surface area contributed by atoms with E-state index < -0.39 is 0 Å². The van der Waals surface area contributed by atoms with Crippen molar-refractivity contribution in [2.75, 3.05) is 26.2 Å². The summed E-state index contributed by atoms with van der Waals surface area (Å²) in [5.74, 6) is 0. The van der Waals surface area contributed by atoms with Gasteiger partial charge in [0.05, 0.1) is 0 Å². The minimum absolute atomic E-state index is 1.01. The minimum Gasteiger partial charge on any atom is -0.341 e. The summed E-state index contributed by atoms with van der Waals surface area (Å²) in [7, 11) is 0. The summed E-state index contributed by atoms with van der Waals surface area (Å²) in [5, 5.41) is 2.80. The molecule has 1 aliphatic heterocycles. The molecule has 30 heavy (non-hydrogen) atoms. The summed E-state index contributed by atoms with van der Waals surface area (Å²) in [6, 6.07) is 25.0. The van der Waals surface area contributed by atoms with Crippen molar-refractivity contribution < 1.29 is 9.80 Å². The third kappa shape index (κ3) is 3.76. The molecule has 4 aromatic rings. The van der Waals surface area contributed by atoms with E-state index in [1.54, 1.807) is 9.80 Å². The van der Waals surface area contributed by atoms with Crippen LogP contribution < -0.4 is 9.80 Å². The number of quaternary nitrogens is 2. The topological polar surface area (TPSA) is 13.8 Å². The van der Waals surface area contributed by atoms with Crippen LogP contribution in [0.3, 0.4) is 0 Å². The van der Waals surface area contributed by atoms with Crippen LogP contribution in [0, 0.1) is 6.92 Å². The molecule has 0 spiro atoms. The van der Waals surface area contributed by atoms with Gasteiger partial charge >= 0.3 is 0 Å². The second-order valence-electron chi connectivity index (χ2n) is 8.95. The van der Waals surface area contributed by atoms with E-state index in [1.807, 2.05) is 0 Å². The lowest BCUT2D eigenvalue weighted by atomic mass is 10.1. The molecule has 5 rings (SSSR count). The van der Waals surface area contributed by atoms with E-state index in [4.69, 9.17) is 0 Å². The number of piperazine rings is 1. The van der Waals surface area contributed by atoms with Crippen molar-refractivity contribution in [1.82, 2.24) is 4.57 Å². The molecule has 0 amide bonds. The second-order valence-corrected chi connectivity index (χ2v) is 8.95. The van der Waals surface area contributed by atoms with Crippen LogP contribution in [-0.2, 0) is 19.6 Å². The SMILES string of the molecule is CCn1c2ccccc2c2cc(C[NH+]3CC[NH+](Cc4ccc(C)cc4)CC3)ccc21. The fourth-order valence-electron chi connectivity index (χ4n) is 5.15. The van der Waals surface area contributed by atoms with E-state index in [9.17, 15) is 0 Å². The lowest BCUT2D eigenvalue weighted by molar-refractivity contribution is -1.02. The number of rotatable bonds is 5. The Hall–Kier alpha value is -2.62. The molecule has 3 nitrogen and oxygen atoms in total. The van der Waals surface area contributed by atoms with Gasteiger partial charge in [-0.05, 0) is 32.0 Å². The maximum absolute atomic E-state index is 2.45. The molecule has 0 aliphatic carbocycles. The number of para-hydroxylation sites is 1. The van der Waals surface area contributed by atoms with Crippen LogP contribution in [0.5, 0.6) is 0 Å². The Labute approximate surface area is 179 Å². The molecule has 1 saturated heterocycles. The molecule has 0 radical (unpaired) electrons. The molecule has 2 N–H and O–H groups in total. The number of nitrogens with zero attached hydrogens (tertiary/aromatic N) is 1. The number of aryl methyl sites for hydroxylation is 2. The number of hydrogen-bond donors (Lipinski definition) is 2. The number of hydrogen-bond acceptors (Lipinski definition) is 0. The highest BCUT2D eigenvalue weighted by molar-refractivity contribution is 6.08. The zero-order valence-corrected chi connectivity index (χ0v) is 18.2. The third-order valence-corrected chi connectivity index (χ3v) is 6.85. The van der Waals surface area contributed by atoms with Crippen LogP contribution in [0.1, 0.15) is 23.6 Å². The Kier molecular flexibility index (Phi) is 5.32. The first-order valence-electron chi connectivity index (χ1n) is 11.4. The van der Waals surface area contributed by atoms with Crippen LogP contribution in [0.25, 0.3) is 21.8 Å². The molecular weight excluding hydrogens is 366 g/mol. The molecule has 3 aromatic carbocycles. The Balaban J connectivity index is 1.27. The van der Waals surface area contributed by atoms with Gasteiger partial charge in [0.25, 0.3) is 0 Å². The van der Waals surface area contributed by atoms with E-state index in [1.165, 1.54) is 64.7 Å². The molecule has 1 fully saturated rings. The summed E-state index contributed by atoms with van der Waals surface area (Å²) in [6.45, 7) is 12.8. The molecule has 0 bridgehead atoms. The highest BCUT2D eigenvalue weighted by atomic mass is 15.3. The quantitative estimate of drug-likeness (QED) is 0.513. The zero-order chi connectivity index (χ0) is 20.5. The van der Waals surface area contributed by atoms with Gasteiger partial charge in [-0.3, -0.25) is 0 Å². The van der Waals surface area contributed by atoms with Crippen molar-refractivity contribution in [3.63, 3.8) is 0 Å². The van der Waals surface area contributed by atoms with Gasteiger partial charge in [-0.2, -0.15) is 0 Å². The largest absolute Gasteiger partial charge is 0.341 e. The molecule has 2 heterocycles. The van der Waals surface area contributed by atoms with Crippen molar-refractivity contribution in [3.05, 3.63) is 83.4 Å². The summed E-state index contributed by atoms with van der Waals surface area (Å²) in [4.78, 5) is 3.45. The van der Waals surface area contributed by atoms with Gasteiger partial charge in [-0.25, -0.2) is 0 Å². The highest BCUT2D eigenvalue weighted by Gasteiger charge is 2.23. The zero-order valence-electron chi connectivity index (χ0n) is 18.2. The molecule has 0 unspecified atom stereocenters. The number of fused-ring (bicyclic) bond motifs is 3. The fourth-order valence-corrected chi connectivity index (χ4v) is 5.15. The van der Waals surface area contributed by atoms with Crippen LogP contribution in [0.4, 0.5) is 0 Å². The molecule has 0 atom stereocenters. The average Bonchev–Trinajstić information content (AvgIpc) is 3.10.